The Labute approximate surface area is 199 Å². The van der Waals surface area contributed by atoms with Crippen molar-refractivity contribution in [3.8, 4) is 0 Å². The van der Waals surface area contributed by atoms with Gasteiger partial charge in [0, 0.05) is 23.2 Å². The lowest BCUT2D eigenvalue weighted by atomic mass is 9.87. The van der Waals surface area contributed by atoms with Crippen molar-refractivity contribution in [3.63, 3.8) is 0 Å². The molecule has 1 fully saturated rings. The van der Waals surface area contributed by atoms with Gasteiger partial charge < -0.3 is 0 Å². The second-order valence-electron chi connectivity index (χ2n) is 10.4. The Morgan fingerprint density at radius 1 is 1.19 bits per heavy atom. The van der Waals surface area contributed by atoms with Crippen LogP contribution in [0.5, 0.6) is 0 Å². The molecule has 1 atom stereocenters. The molecule has 1 heterocycles. The largest absolute Gasteiger partial charge is 0.261 e. The Morgan fingerprint density at radius 2 is 1.94 bits per heavy atom. The third kappa shape index (κ3) is 6.79. The summed E-state index contributed by atoms with van der Waals surface area (Å²) in [5, 5.41) is 4.09. The van der Waals surface area contributed by atoms with Crippen molar-refractivity contribution in [2.24, 2.45) is 22.2 Å². The number of aliphatic imine (C=N–C) groups is 1. The molecule has 0 saturated heterocycles. The Balaban J connectivity index is 1.94. The van der Waals surface area contributed by atoms with Crippen LogP contribution in [0.4, 0.5) is 0 Å². The highest BCUT2D eigenvalue weighted by Crippen LogP contribution is 2.44. The highest BCUT2D eigenvalue weighted by atomic mass is 32.2. The van der Waals surface area contributed by atoms with E-state index in [1.54, 1.807) is 11.8 Å². The summed E-state index contributed by atoms with van der Waals surface area (Å²) < 4.78 is 0. The van der Waals surface area contributed by atoms with Gasteiger partial charge >= 0.3 is 0 Å². The zero-order valence-electron chi connectivity index (χ0n) is 20.5. The number of rotatable bonds is 6. The molecule has 0 aromatic heterocycles. The molecule has 1 N–H and O–H groups in total. The smallest absolute Gasteiger partial charge is 0.178 e. The van der Waals surface area contributed by atoms with E-state index in [1.807, 2.05) is 0 Å². The lowest BCUT2D eigenvalue weighted by Crippen LogP contribution is -2.44. The summed E-state index contributed by atoms with van der Waals surface area (Å²) in [6.45, 7) is 15.5. The first-order chi connectivity index (χ1) is 14.7. The fraction of sp³-hybridized carbons (Fsp3) is 0.654. The van der Waals surface area contributed by atoms with Crippen LogP contribution in [0.15, 0.2) is 51.0 Å². The molecular formula is C26H41N3S2. The Morgan fingerprint density at radius 3 is 2.55 bits per heavy atom. The molecule has 0 aromatic carbocycles. The van der Waals surface area contributed by atoms with E-state index in [4.69, 9.17) is 4.99 Å². The molecule has 0 bridgehead atoms. The number of hydrogen-bond donors (Lipinski definition) is 1. The number of nitrogens with zero attached hydrogens (tertiary/aromatic N) is 2. The van der Waals surface area contributed by atoms with Gasteiger partial charge in [-0.05, 0) is 66.4 Å². The summed E-state index contributed by atoms with van der Waals surface area (Å²) in [5.41, 5.74) is 8.00. The Hall–Kier alpha value is -0.910. The van der Waals surface area contributed by atoms with Crippen LogP contribution in [0.1, 0.15) is 67.2 Å². The van der Waals surface area contributed by atoms with Crippen LogP contribution in [0.2, 0.25) is 0 Å². The van der Waals surface area contributed by atoms with Gasteiger partial charge in [0.15, 0.2) is 5.17 Å². The van der Waals surface area contributed by atoms with E-state index in [1.165, 1.54) is 34.6 Å². The molecule has 172 valence electrons. The molecule has 31 heavy (non-hydrogen) atoms. The molecule has 0 amide bonds. The van der Waals surface area contributed by atoms with Crippen LogP contribution in [0, 0.1) is 17.3 Å². The lowest BCUT2D eigenvalue weighted by molar-refractivity contribution is 0.288. The minimum Gasteiger partial charge on any atom is -0.261 e. The molecule has 0 aromatic rings. The normalized spacial score (nSPS) is 27.3. The maximum atomic E-state index is 4.93. The molecule has 1 aliphatic heterocycles. The van der Waals surface area contributed by atoms with E-state index in [-0.39, 0.29) is 5.41 Å². The van der Waals surface area contributed by atoms with E-state index in [9.17, 15) is 0 Å². The fourth-order valence-electron chi connectivity index (χ4n) is 4.08. The molecule has 3 nitrogen and oxygen atoms in total. The summed E-state index contributed by atoms with van der Waals surface area (Å²) in [6.07, 6.45) is 16.6. The third-order valence-corrected chi connectivity index (χ3v) is 7.97. The molecule has 3 rings (SSSR count). The van der Waals surface area contributed by atoms with Crippen LogP contribution in [-0.2, 0) is 0 Å². The Bertz CT molecular complexity index is 792. The minimum absolute atomic E-state index is 0.194. The molecular weight excluding hydrogens is 418 g/mol. The molecule has 3 aliphatic rings. The van der Waals surface area contributed by atoms with Crippen molar-refractivity contribution in [2.75, 3.05) is 19.3 Å². The zero-order chi connectivity index (χ0) is 22.6. The second kappa shape index (κ2) is 10.8. The first kappa shape index (κ1) is 24.7. The van der Waals surface area contributed by atoms with Crippen LogP contribution in [-0.4, -0.2) is 34.8 Å². The zero-order valence-corrected chi connectivity index (χ0v) is 22.1. The van der Waals surface area contributed by atoms with E-state index in [2.05, 4.69) is 94.3 Å². The summed E-state index contributed by atoms with van der Waals surface area (Å²) >= 11 is 3.84. The maximum Gasteiger partial charge on any atom is 0.178 e. The predicted octanol–water partition coefficient (Wildman–Crippen LogP) is 7.17. The topological polar surface area (TPSA) is 27.6 Å². The van der Waals surface area contributed by atoms with E-state index >= 15 is 0 Å². The van der Waals surface area contributed by atoms with Crippen molar-refractivity contribution in [1.82, 2.24) is 10.4 Å². The van der Waals surface area contributed by atoms with Gasteiger partial charge in [-0.25, -0.2) is 5.43 Å². The summed E-state index contributed by atoms with van der Waals surface area (Å²) in [5.74, 6) is 1.30. The Kier molecular flexibility index (Phi) is 8.62. The average Bonchev–Trinajstić information content (AvgIpc) is 2.98. The van der Waals surface area contributed by atoms with Gasteiger partial charge in [0.1, 0.15) is 0 Å². The van der Waals surface area contributed by atoms with Crippen LogP contribution >= 0.6 is 23.5 Å². The van der Waals surface area contributed by atoms with Gasteiger partial charge in [0.05, 0.1) is 5.70 Å². The highest BCUT2D eigenvalue weighted by molar-refractivity contribution is 8.13. The first-order valence-electron chi connectivity index (χ1n) is 11.8. The monoisotopic (exact) mass is 459 g/mol. The van der Waals surface area contributed by atoms with Gasteiger partial charge in [-0.3, -0.25) is 10.0 Å². The van der Waals surface area contributed by atoms with Crippen molar-refractivity contribution >= 4 is 28.7 Å². The summed E-state index contributed by atoms with van der Waals surface area (Å²) in [6, 6.07) is 0. The van der Waals surface area contributed by atoms with Gasteiger partial charge in [-0.15, -0.1) is 11.8 Å². The lowest BCUT2D eigenvalue weighted by Gasteiger charge is -2.33. The minimum atomic E-state index is 0.194. The van der Waals surface area contributed by atoms with E-state index < -0.39 is 0 Å². The molecule has 1 saturated carbocycles. The fourth-order valence-corrected chi connectivity index (χ4v) is 6.41. The van der Waals surface area contributed by atoms with Crippen LogP contribution < -0.4 is 5.43 Å². The summed E-state index contributed by atoms with van der Waals surface area (Å²) in [7, 11) is 0. The quantitative estimate of drug-likeness (QED) is 0.455. The van der Waals surface area contributed by atoms with Gasteiger partial charge in [0.2, 0.25) is 0 Å². The van der Waals surface area contributed by atoms with Crippen molar-refractivity contribution < 1.29 is 0 Å². The van der Waals surface area contributed by atoms with Gasteiger partial charge in [-0.2, -0.15) is 0 Å². The van der Waals surface area contributed by atoms with Crippen molar-refractivity contribution in [2.45, 2.75) is 72.5 Å². The molecule has 5 heteroatoms. The number of nitrogens with one attached hydrogen (secondary N) is 1. The number of thioether (sulfide) groups is 2. The maximum absolute atomic E-state index is 4.93. The summed E-state index contributed by atoms with van der Waals surface area (Å²) in [4.78, 5) is 6.40. The van der Waals surface area contributed by atoms with Gasteiger partial charge in [0.25, 0.3) is 0 Å². The van der Waals surface area contributed by atoms with Crippen molar-refractivity contribution in [3.05, 3.63) is 46.1 Å². The average molecular weight is 460 g/mol. The van der Waals surface area contributed by atoms with E-state index in [0.29, 0.717) is 5.92 Å². The molecule has 2 aliphatic carbocycles. The van der Waals surface area contributed by atoms with Gasteiger partial charge in [-0.1, -0.05) is 71.5 Å². The standard InChI is InChI=1S/C26H41N3S2/c1-8-20-10-9-11-21(15-24(20)31-22-12-18(2)13-22)23-14-19(3)16-27-25(30-7)29(23)28-17-26(4,5)6/h10-11,14-15,18-19,22,28H,8-9,12-13,16-17H2,1-7H3. The van der Waals surface area contributed by atoms with E-state index in [0.717, 1.165) is 42.3 Å². The van der Waals surface area contributed by atoms with Crippen LogP contribution in [0.25, 0.3) is 0 Å². The van der Waals surface area contributed by atoms with Crippen molar-refractivity contribution in [1.29, 1.82) is 0 Å². The number of amidine groups is 1. The first-order valence-corrected chi connectivity index (χ1v) is 13.9. The SMILES string of the molecule is CCC1=CCC=C(C2=CC(C)CN=C(SC)N2NCC(C)(C)C)C=C1SC1CC(C)C1. The van der Waals surface area contributed by atoms with Crippen LogP contribution in [0.3, 0.4) is 0 Å². The number of hydrogen-bond acceptors (Lipinski definition) is 5. The second-order valence-corrected chi connectivity index (χ2v) is 12.5. The third-order valence-electron chi connectivity index (χ3n) is 5.95. The number of allylic oxidation sites excluding steroid dienone is 4. The molecule has 1 unspecified atom stereocenters. The molecule has 0 radical (unpaired) electrons. The number of hydrazine groups is 1. The molecule has 0 spiro atoms. The predicted molar refractivity (Wildman–Crippen MR) is 141 cm³/mol. The highest BCUT2D eigenvalue weighted by Gasteiger charge is 2.29.